The number of hydrogen-bond donors (Lipinski definition) is 2. The monoisotopic (exact) mass is 575 g/mol. The Bertz CT molecular complexity index is 841. The van der Waals surface area contributed by atoms with Crippen molar-refractivity contribution in [1.29, 1.82) is 0 Å². The van der Waals surface area contributed by atoms with Crippen molar-refractivity contribution in [2.24, 2.45) is 10.9 Å². The molecule has 9 heteroatoms. The van der Waals surface area contributed by atoms with Crippen LogP contribution in [0.15, 0.2) is 34.6 Å². The highest BCUT2D eigenvalue weighted by Crippen LogP contribution is 2.19. The van der Waals surface area contributed by atoms with E-state index >= 15 is 0 Å². The molecule has 0 amide bonds. The van der Waals surface area contributed by atoms with Gasteiger partial charge in [-0.2, -0.15) is 0 Å². The first-order valence-electron chi connectivity index (χ1n) is 11.1. The lowest BCUT2D eigenvalue weighted by Crippen LogP contribution is -2.45. The largest absolute Gasteiger partial charge is 0.489 e. The van der Waals surface area contributed by atoms with E-state index in [0.717, 1.165) is 43.6 Å². The topological polar surface area (TPSA) is 61.8 Å². The predicted molar refractivity (Wildman–Crippen MR) is 141 cm³/mol. The van der Waals surface area contributed by atoms with Crippen LogP contribution in [0.1, 0.15) is 36.9 Å². The summed E-state index contributed by atoms with van der Waals surface area (Å²) < 4.78 is 19.3. The fourth-order valence-electron chi connectivity index (χ4n) is 3.73. The van der Waals surface area contributed by atoms with E-state index in [1.807, 2.05) is 0 Å². The number of nitrogens with one attached hydrogen (secondary N) is 2. The van der Waals surface area contributed by atoms with Crippen LogP contribution >= 0.6 is 35.3 Å². The number of piperidine rings is 1. The molecular weight excluding hydrogens is 540 g/mol. The van der Waals surface area contributed by atoms with Crippen LogP contribution in [0, 0.1) is 18.7 Å². The molecule has 32 heavy (non-hydrogen) atoms. The summed E-state index contributed by atoms with van der Waals surface area (Å²) in [6, 6.07) is 6.27. The van der Waals surface area contributed by atoms with Crippen LogP contribution < -0.4 is 15.4 Å². The zero-order chi connectivity index (χ0) is 22.1. The molecule has 2 heterocycles. The molecule has 178 valence electrons. The van der Waals surface area contributed by atoms with Gasteiger partial charge < -0.3 is 15.4 Å². The molecule has 1 unspecified atom stereocenters. The maximum absolute atomic E-state index is 13.4. The Morgan fingerprint density at radius 3 is 2.75 bits per heavy atom. The summed E-state index contributed by atoms with van der Waals surface area (Å²) >= 11 is 1.72. The van der Waals surface area contributed by atoms with E-state index in [9.17, 15) is 4.39 Å². The average Bonchev–Trinajstić information content (AvgIpc) is 3.18. The van der Waals surface area contributed by atoms with Gasteiger partial charge in [-0.25, -0.2) is 9.37 Å². The SMILES string of the molecule is CCC(CNC(=NC)NCC1CCN(Cc2csc(C)n2)CC1)Oc1cccc(F)c1.I. The van der Waals surface area contributed by atoms with Crippen LogP contribution in [0.4, 0.5) is 4.39 Å². The number of ether oxygens (including phenoxy) is 1. The van der Waals surface area contributed by atoms with Crippen LogP contribution in [0.5, 0.6) is 5.75 Å². The standard InChI is InChI=1S/C23H34FN5OS.HI/c1-4-21(30-22-7-5-6-19(24)12-22)14-27-23(25-3)26-13-18-8-10-29(11-9-18)15-20-16-31-17(2)28-20;/h5-7,12,16,18,21H,4,8-11,13-15H2,1-3H3,(H2,25,26,27);1H. The molecule has 2 aromatic rings. The Kier molecular flexibility index (Phi) is 11.7. The Balaban J connectivity index is 0.00000363. The molecule has 1 saturated heterocycles. The van der Waals surface area contributed by atoms with Crippen molar-refractivity contribution < 1.29 is 9.13 Å². The van der Waals surface area contributed by atoms with E-state index in [0.29, 0.717) is 18.2 Å². The van der Waals surface area contributed by atoms with Gasteiger partial charge in [-0.3, -0.25) is 9.89 Å². The summed E-state index contributed by atoms with van der Waals surface area (Å²) in [5, 5.41) is 10.1. The zero-order valence-corrected chi connectivity index (χ0v) is 22.3. The minimum absolute atomic E-state index is 0. The minimum Gasteiger partial charge on any atom is -0.489 e. The number of nitrogens with zero attached hydrogens (tertiary/aromatic N) is 3. The fourth-order valence-corrected chi connectivity index (χ4v) is 4.34. The average molecular weight is 576 g/mol. The lowest BCUT2D eigenvalue weighted by atomic mass is 9.97. The third-order valence-corrected chi connectivity index (χ3v) is 6.41. The molecule has 0 saturated carbocycles. The molecule has 0 radical (unpaired) electrons. The molecule has 3 rings (SSSR count). The molecule has 1 aromatic heterocycles. The molecule has 1 fully saturated rings. The van der Waals surface area contributed by atoms with Gasteiger partial charge in [0, 0.05) is 31.6 Å². The number of thiazole rings is 1. The van der Waals surface area contributed by atoms with Gasteiger partial charge in [-0.15, -0.1) is 35.3 Å². The van der Waals surface area contributed by atoms with Gasteiger partial charge in [0.2, 0.25) is 0 Å². The van der Waals surface area contributed by atoms with Gasteiger partial charge >= 0.3 is 0 Å². The van der Waals surface area contributed by atoms with Crippen molar-refractivity contribution in [2.75, 3.05) is 33.2 Å². The van der Waals surface area contributed by atoms with E-state index in [1.165, 1.54) is 30.7 Å². The number of hydrogen-bond acceptors (Lipinski definition) is 5. The highest BCUT2D eigenvalue weighted by Gasteiger charge is 2.20. The Morgan fingerprint density at radius 2 is 2.12 bits per heavy atom. The van der Waals surface area contributed by atoms with Crippen molar-refractivity contribution in [3.05, 3.63) is 46.2 Å². The highest BCUT2D eigenvalue weighted by atomic mass is 127. The van der Waals surface area contributed by atoms with Gasteiger partial charge in [-0.05, 0) is 57.3 Å². The Morgan fingerprint density at radius 1 is 1.34 bits per heavy atom. The second-order valence-corrected chi connectivity index (χ2v) is 9.08. The van der Waals surface area contributed by atoms with Gasteiger partial charge in [0.1, 0.15) is 17.7 Å². The number of halogens is 2. The first-order chi connectivity index (χ1) is 15.1. The van der Waals surface area contributed by atoms with Crippen molar-refractivity contribution in [3.63, 3.8) is 0 Å². The highest BCUT2D eigenvalue weighted by molar-refractivity contribution is 14.0. The number of guanidine groups is 1. The normalized spacial score (nSPS) is 16.3. The molecule has 2 N–H and O–H groups in total. The quantitative estimate of drug-likeness (QED) is 0.263. The van der Waals surface area contributed by atoms with E-state index in [1.54, 1.807) is 30.5 Å². The van der Waals surface area contributed by atoms with Gasteiger partial charge in [-0.1, -0.05) is 13.0 Å². The van der Waals surface area contributed by atoms with Crippen LogP contribution in [-0.4, -0.2) is 55.2 Å². The smallest absolute Gasteiger partial charge is 0.191 e. The maximum atomic E-state index is 13.4. The van der Waals surface area contributed by atoms with Crippen LogP contribution in [0.3, 0.4) is 0 Å². The first-order valence-corrected chi connectivity index (χ1v) is 11.9. The number of aromatic nitrogens is 1. The summed E-state index contributed by atoms with van der Waals surface area (Å²) in [6.07, 6.45) is 3.11. The van der Waals surface area contributed by atoms with Gasteiger partial charge in [0.05, 0.1) is 17.2 Å². The minimum atomic E-state index is -0.287. The molecule has 0 aliphatic carbocycles. The van der Waals surface area contributed by atoms with E-state index in [2.05, 4.69) is 44.7 Å². The number of aliphatic imine (C=N–C) groups is 1. The number of aryl methyl sites for hydroxylation is 1. The summed E-state index contributed by atoms with van der Waals surface area (Å²) in [5.74, 6) is 1.68. The van der Waals surface area contributed by atoms with Gasteiger partial charge in [0.15, 0.2) is 5.96 Å². The third kappa shape index (κ3) is 8.82. The zero-order valence-electron chi connectivity index (χ0n) is 19.1. The molecule has 0 bridgehead atoms. The Hall–Kier alpha value is -1.46. The fraction of sp³-hybridized carbons (Fsp3) is 0.565. The van der Waals surface area contributed by atoms with Crippen molar-refractivity contribution >= 4 is 41.3 Å². The van der Waals surface area contributed by atoms with E-state index < -0.39 is 0 Å². The molecule has 0 spiro atoms. The maximum Gasteiger partial charge on any atom is 0.191 e. The molecule has 1 aromatic carbocycles. The molecule has 1 aliphatic rings. The first kappa shape index (κ1) is 26.8. The Labute approximate surface area is 212 Å². The number of benzene rings is 1. The predicted octanol–water partition coefficient (Wildman–Crippen LogP) is 4.44. The van der Waals surface area contributed by atoms with Crippen LogP contribution in [-0.2, 0) is 6.54 Å². The summed E-state index contributed by atoms with van der Waals surface area (Å²) in [4.78, 5) is 11.4. The van der Waals surface area contributed by atoms with Crippen LogP contribution in [0.25, 0.3) is 0 Å². The molecule has 1 atom stereocenters. The van der Waals surface area contributed by atoms with Crippen molar-refractivity contribution in [3.8, 4) is 5.75 Å². The molecular formula is C23H35FIN5OS. The second-order valence-electron chi connectivity index (χ2n) is 8.02. The second kappa shape index (κ2) is 13.9. The van der Waals surface area contributed by atoms with Crippen LogP contribution in [0.2, 0.25) is 0 Å². The number of likely N-dealkylation sites (tertiary alicyclic amines) is 1. The van der Waals surface area contributed by atoms with Gasteiger partial charge in [0.25, 0.3) is 0 Å². The van der Waals surface area contributed by atoms with Crippen molar-refractivity contribution in [1.82, 2.24) is 20.5 Å². The number of rotatable bonds is 9. The molecule has 1 aliphatic heterocycles. The molecule has 6 nitrogen and oxygen atoms in total. The van der Waals surface area contributed by atoms with Crippen molar-refractivity contribution in [2.45, 2.75) is 45.8 Å². The summed E-state index contributed by atoms with van der Waals surface area (Å²) in [5.41, 5.74) is 1.19. The lowest BCUT2D eigenvalue weighted by Gasteiger charge is -2.31. The summed E-state index contributed by atoms with van der Waals surface area (Å²) in [7, 11) is 1.78. The van der Waals surface area contributed by atoms with E-state index in [-0.39, 0.29) is 35.9 Å². The van der Waals surface area contributed by atoms with E-state index in [4.69, 9.17) is 4.74 Å². The third-order valence-electron chi connectivity index (χ3n) is 5.59. The summed E-state index contributed by atoms with van der Waals surface area (Å²) in [6.45, 7) is 8.80. The lowest BCUT2D eigenvalue weighted by molar-refractivity contribution is 0.176.